The molecule has 6 heteroatoms. The number of alkyl halides is 3. The van der Waals surface area contributed by atoms with Crippen molar-refractivity contribution in [1.82, 2.24) is 0 Å². The van der Waals surface area contributed by atoms with Crippen molar-refractivity contribution in [2.24, 2.45) is 11.1 Å². The molecule has 0 unspecified atom stereocenters. The molecule has 0 aromatic heterocycles. The zero-order valence-electron chi connectivity index (χ0n) is 10.9. The van der Waals surface area contributed by atoms with Crippen molar-refractivity contribution in [2.45, 2.75) is 39.1 Å². The molecular weight excluding hydrogens is 262 g/mol. The maximum absolute atomic E-state index is 13.6. The first-order valence-corrected chi connectivity index (χ1v) is 5.75. The van der Waals surface area contributed by atoms with E-state index in [4.69, 9.17) is 5.73 Å². The van der Waals surface area contributed by atoms with Gasteiger partial charge >= 0.3 is 6.18 Å². The third-order valence-electron chi connectivity index (χ3n) is 2.91. The lowest BCUT2D eigenvalue weighted by Crippen LogP contribution is -2.37. The lowest BCUT2D eigenvalue weighted by molar-refractivity contribution is -0.137. The van der Waals surface area contributed by atoms with E-state index in [2.05, 4.69) is 0 Å². The van der Waals surface area contributed by atoms with Gasteiger partial charge in [-0.2, -0.15) is 13.2 Å². The van der Waals surface area contributed by atoms with Crippen molar-refractivity contribution in [3.05, 3.63) is 35.1 Å². The average molecular weight is 279 g/mol. The summed E-state index contributed by atoms with van der Waals surface area (Å²) in [5.74, 6) is -0.858. The van der Waals surface area contributed by atoms with Crippen molar-refractivity contribution in [3.8, 4) is 0 Å². The Morgan fingerprint density at radius 3 is 2.11 bits per heavy atom. The van der Waals surface area contributed by atoms with Gasteiger partial charge in [0, 0.05) is 5.56 Å². The van der Waals surface area contributed by atoms with Crippen LogP contribution in [0.4, 0.5) is 17.6 Å². The van der Waals surface area contributed by atoms with Crippen molar-refractivity contribution in [2.75, 3.05) is 0 Å². The number of hydrogen-bond donors (Lipinski definition) is 2. The zero-order valence-corrected chi connectivity index (χ0v) is 10.9. The second kappa shape index (κ2) is 5.09. The van der Waals surface area contributed by atoms with Crippen molar-refractivity contribution in [1.29, 1.82) is 0 Å². The SMILES string of the molecule is CC(C)(C)[C@H](O)[C@H](N)c1cc(C(F)(F)F)ccc1F. The van der Waals surface area contributed by atoms with Gasteiger partial charge in [0.25, 0.3) is 0 Å². The molecule has 1 aromatic carbocycles. The highest BCUT2D eigenvalue weighted by molar-refractivity contribution is 5.30. The average Bonchev–Trinajstić information content (AvgIpc) is 2.25. The summed E-state index contributed by atoms with van der Waals surface area (Å²) < 4.78 is 51.3. The van der Waals surface area contributed by atoms with Crippen molar-refractivity contribution in [3.63, 3.8) is 0 Å². The first kappa shape index (κ1) is 15.9. The van der Waals surface area contributed by atoms with E-state index in [-0.39, 0.29) is 5.56 Å². The minimum absolute atomic E-state index is 0.336. The summed E-state index contributed by atoms with van der Waals surface area (Å²) >= 11 is 0. The minimum Gasteiger partial charge on any atom is -0.391 e. The van der Waals surface area contributed by atoms with Crippen LogP contribution in [0, 0.1) is 11.2 Å². The van der Waals surface area contributed by atoms with Crippen LogP contribution in [0.5, 0.6) is 0 Å². The van der Waals surface area contributed by atoms with Crippen LogP contribution < -0.4 is 5.73 Å². The molecule has 19 heavy (non-hydrogen) atoms. The third-order valence-corrected chi connectivity index (χ3v) is 2.91. The van der Waals surface area contributed by atoms with Crippen LogP contribution in [0.15, 0.2) is 18.2 Å². The van der Waals surface area contributed by atoms with E-state index in [0.717, 1.165) is 0 Å². The molecule has 0 aliphatic carbocycles. The first-order valence-electron chi connectivity index (χ1n) is 5.75. The van der Waals surface area contributed by atoms with Crippen molar-refractivity contribution >= 4 is 0 Å². The molecule has 0 amide bonds. The zero-order chi connectivity index (χ0) is 15.0. The van der Waals surface area contributed by atoms with E-state index in [1.165, 1.54) is 0 Å². The summed E-state index contributed by atoms with van der Waals surface area (Å²) in [6.45, 7) is 5.01. The van der Waals surface area contributed by atoms with Gasteiger partial charge in [-0.05, 0) is 23.6 Å². The van der Waals surface area contributed by atoms with Crippen LogP contribution in [0.3, 0.4) is 0 Å². The van der Waals surface area contributed by atoms with Gasteiger partial charge in [0.05, 0.1) is 17.7 Å². The summed E-state index contributed by atoms with van der Waals surface area (Å²) in [4.78, 5) is 0. The Balaban J connectivity index is 3.20. The molecule has 1 aromatic rings. The number of hydrogen-bond acceptors (Lipinski definition) is 2. The predicted octanol–water partition coefficient (Wildman–Crippen LogP) is 3.25. The Morgan fingerprint density at radius 1 is 1.16 bits per heavy atom. The van der Waals surface area contributed by atoms with Crippen LogP contribution >= 0.6 is 0 Å². The molecule has 2 atom stereocenters. The monoisotopic (exact) mass is 279 g/mol. The van der Waals surface area contributed by atoms with Crippen LogP contribution in [0.2, 0.25) is 0 Å². The topological polar surface area (TPSA) is 46.2 Å². The largest absolute Gasteiger partial charge is 0.416 e. The molecule has 0 heterocycles. The van der Waals surface area contributed by atoms with Gasteiger partial charge in [0.1, 0.15) is 5.82 Å². The number of aliphatic hydroxyl groups excluding tert-OH is 1. The summed E-state index contributed by atoms with van der Waals surface area (Å²) in [5.41, 5.74) is 3.69. The highest BCUT2D eigenvalue weighted by Crippen LogP contribution is 2.34. The molecule has 0 aliphatic heterocycles. The molecule has 0 aliphatic rings. The van der Waals surface area contributed by atoms with Gasteiger partial charge in [0.2, 0.25) is 0 Å². The fourth-order valence-electron chi connectivity index (χ4n) is 1.68. The number of aliphatic hydroxyl groups is 1. The van der Waals surface area contributed by atoms with Crippen LogP contribution in [-0.4, -0.2) is 11.2 Å². The number of benzene rings is 1. The van der Waals surface area contributed by atoms with E-state index < -0.39 is 35.1 Å². The lowest BCUT2D eigenvalue weighted by Gasteiger charge is -2.31. The molecule has 3 N–H and O–H groups in total. The highest BCUT2D eigenvalue weighted by atomic mass is 19.4. The molecule has 1 rings (SSSR count). The summed E-state index contributed by atoms with van der Waals surface area (Å²) in [6.07, 6.45) is -5.74. The fraction of sp³-hybridized carbons (Fsp3) is 0.538. The highest BCUT2D eigenvalue weighted by Gasteiger charge is 2.34. The standard InChI is InChI=1S/C13H17F4NO/c1-12(2,3)11(19)10(18)8-6-7(13(15,16)17)4-5-9(8)14/h4-6,10-11,19H,18H2,1-3H3/t10-,11-/m1/s1. The van der Waals surface area contributed by atoms with E-state index in [9.17, 15) is 22.7 Å². The Hall–Kier alpha value is -1.14. The summed E-state index contributed by atoms with van der Waals surface area (Å²) in [7, 11) is 0. The minimum atomic E-state index is -4.57. The molecule has 0 spiro atoms. The van der Waals surface area contributed by atoms with Crippen LogP contribution in [0.25, 0.3) is 0 Å². The number of nitrogens with two attached hydrogens (primary N) is 1. The molecule has 0 bridgehead atoms. The predicted molar refractivity (Wildman–Crippen MR) is 63.8 cm³/mol. The first-order chi connectivity index (χ1) is 8.44. The van der Waals surface area contributed by atoms with Crippen LogP contribution in [-0.2, 0) is 6.18 Å². The summed E-state index contributed by atoms with van der Waals surface area (Å²) in [6, 6.07) is 0.791. The second-order valence-corrected chi connectivity index (χ2v) is 5.57. The smallest absolute Gasteiger partial charge is 0.391 e. The molecule has 108 valence electrons. The van der Waals surface area contributed by atoms with Gasteiger partial charge < -0.3 is 10.8 Å². The molecule has 0 radical (unpaired) electrons. The van der Waals surface area contributed by atoms with Crippen LogP contribution in [0.1, 0.15) is 37.9 Å². The van der Waals surface area contributed by atoms with Gasteiger partial charge in [-0.1, -0.05) is 20.8 Å². The quantitative estimate of drug-likeness (QED) is 0.816. The number of rotatable bonds is 2. The second-order valence-electron chi connectivity index (χ2n) is 5.57. The Kier molecular flexibility index (Phi) is 4.27. The van der Waals surface area contributed by atoms with Gasteiger partial charge in [-0.25, -0.2) is 4.39 Å². The molecule has 0 saturated heterocycles. The molecule has 0 fully saturated rings. The van der Waals surface area contributed by atoms with E-state index in [1.807, 2.05) is 0 Å². The molecule has 0 saturated carbocycles. The van der Waals surface area contributed by atoms with Gasteiger partial charge in [-0.3, -0.25) is 0 Å². The Bertz CT molecular complexity index is 451. The van der Waals surface area contributed by atoms with E-state index in [0.29, 0.717) is 18.2 Å². The maximum atomic E-state index is 13.6. The Labute approximate surface area is 109 Å². The summed E-state index contributed by atoms with van der Waals surface area (Å²) in [5, 5.41) is 9.95. The normalized spacial score (nSPS) is 16.3. The lowest BCUT2D eigenvalue weighted by atomic mass is 9.82. The van der Waals surface area contributed by atoms with Gasteiger partial charge in [0.15, 0.2) is 0 Å². The van der Waals surface area contributed by atoms with E-state index >= 15 is 0 Å². The molecular formula is C13H17F4NO. The third kappa shape index (κ3) is 3.67. The van der Waals surface area contributed by atoms with E-state index in [1.54, 1.807) is 20.8 Å². The number of halogens is 4. The van der Waals surface area contributed by atoms with Crippen molar-refractivity contribution < 1.29 is 22.7 Å². The maximum Gasteiger partial charge on any atom is 0.416 e. The Morgan fingerprint density at radius 2 is 1.68 bits per heavy atom. The fourth-order valence-corrected chi connectivity index (χ4v) is 1.68. The molecule has 2 nitrogen and oxygen atoms in total. The van der Waals surface area contributed by atoms with Gasteiger partial charge in [-0.15, -0.1) is 0 Å².